The number of nitriles is 1. The van der Waals surface area contributed by atoms with Gasteiger partial charge in [0.15, 0.2) is 0 Å². The van der Waals surface area contributed by atoms with E-state index in [1.54, 1.807) is 18.4 Å². The number of carbonyl (C=O) groups is 1. The molecule has 5 heteroatoms. The number of hydrogen-bond acceptors (Lipinski definition) is 4. The van der Waals surface area contributed by atoms with Crippen molar-refractivity contribution in [3.05, 3.63) is 65.4 Å². The predicted octanol–water partition coefficient (Wildman–Crippen LogP) is 3.03. The minimum Gasteiger partial charge on any atom is -0.377 e. The normalized spacial score (nSPS) is 21.6. The third-order valence-corrected chi connectivity index (χ3v) is 4.55. The average molecular weight is 332 g/mol. The Morgan fingerprint density at radius 3 is 3.00 bits per heavy atom. The summed E-state index contributed by atoms with van der Waals surface area (Å²) >= 11 is 0. The lowest BCUT2D eigenvalue weighted by Crippen LogP contribution is -2.50. The fraction of sp³-hybridized carbons (Fsp3) is 0.250. The number of aryl methyl sites for hydroxylation is 1. The maximum Gasteiger partial charge on any atom is 0.227 e. The van der Waals surface area contributed by atoms with Crippen molar-refractivity contribution in [1.29, 1.82) is 5.26 Å². The van der Waals surface area contributed by atoms with E-state index in [-0.39, 0.29) is 12.3 Å². The minimum absolute atomic E-state index is 0.137. The Labute approximate surface area is 147 Å². The molecule has 1 atom stereocenters. The summed E-state index contributed by atoms with van der Waals surface area (Å²) in [6.07, 6.45) is 9.94. The molecule has 0 unspecified atom stereocenters. The van der Waals surface area contributed by atoms with Crippen molar-refractivity contribution in [2.75, 3.05) is 11.9 Å². The van der Waals surface area contributed by atoms with E-state index in [0.717, 1.165) is 16.8 Å². The van der Waals surface area contributed by atoms with E-state index in [9.17, 15) is 10.1 Å². The highest BCUT2D eigenvalue weighted by molar-refractivity contribution is 5.93. The van der Waals surface area contributed by atoms with Crippen LogP contribution < -0.4 is 10.6 Å². The summed E-state index contributed by atoms with van der Waals surface area (Å²) in [7, 11) is 0. The monoisotopic (exact) mass is 332 g/mol. The average Bonchev–Trinajstić information content (AvgIpc) is 2.64. The molecule has 3 rings (SSSR count). The van der Waals surface area contributed by atoms with Crippen LogP contribution in [0.25, 0.3) is 0 Å². The summed E-state index contributed by atoms with van der Waals surface area (Å²) in [5.74, 6) is -0.137. The number of nitrogens with one attached hydrogen (secondary N) is 2. The number of benzene rings is 1. The van der Waals surface area contributed by atoms with Crippen LogP contribution in [0.1, 0.15) is 18.4 Å². The predicted molar refractivity (Wildman–Crippen MR) is 99.2 cm³/mol. The van der Waals surface area contributed by atoms with E-state index < -0.39 is 5.54 Å². The summed E-state index contributed by atoms with van der Waals surface area (Å²) in [5.41, 5.74) is 2.51. The highest BCUT2D eigenvalue weighted by Crippen LogP contribution is 2.34. The molecule has 0 fully saturated rings. The van der Waals surface area contributed by atoms with Crippen LogP contribution in [-0.4, -0.2) is 24.2 Å². The largest absolute Gasteiger partial charge is 0.377 e. The van der Waals surface area contributed by atoms with E-state index in [2.05, 4.69) is 21.7 Å². The zero-order valence-corrected chi connectivity index (χ0v) is 14.1. The first-order chi connectivity index (χ1) is 12.2. The van der Waals surface area contributed by atoms with Gasteiger partial charge in [-0.05, 0) is 42.5 Å². The molecule has 0 aromatic heterocycles. The molecule has 0 aliphatic carbocycles. The number of nitrogens with zero attached hydrogens (tertiary/aromatic N) is 2. The SMILES string of the molecule is Cc1ccccc1NC(=O)C[C@]1(C2=CCN=CC2)NC=CC=C1C#N. The van der Waals surface area contributed by atoms with Crippen LogP contribution in [0.15, 0.2) is 64.8 Å². The lowest BCUT2D eigenvalue weighted by molar-refractivity contribution is -0.117. The summed E-state index contributed by atoms with van der Waals surface area (Å²) in [6, 6.07) is 9.91. The van der Waals surface area contributed by atoms with Crippen molar-refractivity contribution in [3.8, 4) is 6.07 Å². The number of carbonyl (C=O) groups excluding carboxylic acids is 1. The lowest BCUT2D eigenvalue weighted by atomic mass is 9.76. The van der Waals surface area contributed by atoms with Gasteiger partial charge in [0.05, 0.1) is 24.6 Å². The number of aliphatic imine (C=N–C) groups is 1. The van der Waals surface area contributed by atoms with Crippen molar-refractivity contribution in [3.63, 3.8) is 0 Å². The molecule has 0 bridgehead atoms. The highest BCUT2D eigenvalue weighted by atomic mass is 16.1. The van der Waals surface area contributed by atoms with Gasteiger partial charge in [-0.2, -0.15) is 5.26 Å². The highest BCUT2D eigenvalue weighted by Gasteiger charge is 2.40. The number of rotatable bonds is 4. The van der Waals surface area contributed by atoms with Gasteiger partial charge in [0.25, 0.3) is 0 Å². The molecule has 126 valence electrons. The van der Waals surface area contributed by atoms with Crippen molar-refractivity contribution in [2.24, 2.45) is 4.99 Å². The summed E-state index contributed by atoms with van der Waals surface area (Å²) in [6.45, 7) is 2.52. The fourth-order valence-electron chi connectivity index (χ4n) is 3.19. The van der Waals surface area contributed by atoms with E-state index in [1.165, 1.54) is 0 Å². The first kappa shape index (κ1) is 16.7. The van der Waals surface area contributed by atoms with Crippen LogP contribution in [0.2, 0.25) is 0 Å². The van der Waals surface area contributed by atoms with E-state index >= 15 is 0 Å². The van der Waals surface area contributed by atoms with Crippen LogP contribution in [-0.2, 0) is 4.79 Å². The van der Waals surface area contributed by atoms with Crippen LogP contribution >= 0.6 is 0 Å². The molecule has 5 nitrogen and oxygen atoms in total. The second-order valence-corrected chi connectivity index (χ2v) is 6.12. The Hall–Kier alpha value is -3.13. The van der Waals surface area contributed by atoms with E-state index in [4.69, 9.17) is 0 Å². The third-order valence-electron chi connectivity index (χ3n) is 4.55. The molecule has 1 aromatic carbocycles. The second-order valence-electron chi connectivity index (χ2n) is 6.12. The first-order valence-electron chi connectivity index (χ1n) is 8.24. The molecule has 2 aliphatic rings. The van der Waals surface area contributed by atoms with Gasteiger partial charge in [-0.25, -0.2) is 0 Å². The number of allylic oxidation sites excluding steroid dienone is 2. The maximum atomic E-state index is 12.8. The van der Waals surface area contributed by atoms with Gasteiger partial charge in [0.1, 0.15) is 5.54 Å². The molecule has 1 amide bonds. The van der Waals surface area contributed by atoms with Gasteiger partial charge in [-0.3, -0.25) is 9.79 Å². The molecule has 25 heavy (non-hydrogen) atoms. The zero-order chi connectivity index (χ0) is 17.7. The van der Waals surface area contributed by atoms with Gasteiger partial charge < -0.3 is 10.6 Å². The number of dihydropyridines is 2. The molecule has 2 N–H and O–H groups in total. The zero-order valence-electron chi connectivity index (χ0n) is 14.1. The smallest absolute Gasteiger partial charge is 0.227 e. The molecule has 0 spiro atoms. The summed E-state index contributed by atoms with van der Waals surface area (Å²) < 4.78 is 0. The molecule has 0 radical (unpaired) electrons. The Kier molecular flexibility index (Phi) is 4.80. The Morgan fingerprint density at radius 1 is 1.44 bits per heavy atom. The first-order valence-corrected chi connectivity index (χ1v) is 8.24. The van der Waals surface area contributed by atoms with Gasteiger partial charge in [-0.1, -0.05) is 24.3 Å². The van der Waals surface area contributed by atoms with Gasteiger partial charge in [0.2, 0.25) is 5.91 Å². The number of anilines is 1. The Morgan fingerprint density at radius 2 is 2.28 bits per heavy atom. The van der Waals surface area contributed by atoms with Gasteiger partial charge in [-0.15, -0.1) is 0 Å². The van der Waals surface area contributed by atoms with Crippen LogP contribution in [0.5, 0.6) is 0 Å². The summed E-state index contributed by atoms with van der Waals surface area (Å²) in [5, 5.41) is 15.9. The number of para-hydroxylation sites is 1. The molecule has 0 saturated heterocycles. The quantitative estimate of drug-likeness (QED) is 0.832. The maximum absolute atomic E-state index is 12.8. The summed E-state index contributed by atoms with van der Waals surface area (Å²) in [4.78, 5) is 17.0. The Balaban J connectivity index is 1.88. The van der Waals surface area contributed by atoms with E-state index in [0.29, 0.717) is 18.5 Å². The molecule has 2 heterocycles. The van der Waals surface area contributed by atoms with Gasteiger partial charge >= 0.3 is 0 Å². The van der Waals surface area contributed by atoms with Crippen LogP contribution in [0.4, 0.5) is 5.69 Å². The fourth-order valence-corrected chi connectivity index (χ4v) is 3.19. The second kappa shape index (κ2) is 7.18. The third kappa shape index (κ3) is 3.38. The van der Waals surface area contributed by atoms with Gasteiger partial charge in [0, 0.05) is 18.3 Å². The topological polar surface area (TPSA) is 77.3 Å². The van der Waals surface area contributed by atoms with Crippen LogP contribution in [0.3, 0.4) is 0 Å². The molecule has 2 aliphatic heterocycles. The van der Waals surface area contributed by atoms with Crippen molar-refractivity contribution in [2.45, 2.75) is 25.3 Å². The molecule has 1 aromatic rings. The number of amides is 1. The van der Waals surface area contributed by atoms with Crippen molar-refractivity contribution in [1.82, 2.24) is 5.32 Å². The Bertz CT molecular complexity index is 841. The van der Waals surface area contributed by atoms with Crippen LogP contribution in [0, 0.1) is 18.3 Å². The molecular formula is C20H20N4O. The van der Waals surface area contributed by atoms with E-state index in [1.807, 2.05) is 43.5 Å². The molecule has 0 saturated carbocycles. The number of hydrogen-bond donors (Lipinski definition) is 2. The lowest BCUT2D eigenvalue weighted by Gasteiger charge is -2.38. The van der Waals surface area contributed by atoms with Crippen molar-refractivity contribution < 1.29 is 4.79 Å². The minimum atomic E-state index is -0.817. The van der Waals surface area contributed by atoms with Crippen molar-refractivity contribution >= 4 is 17.8 Å². The standard InChI is InChI=1S/C20H20N4O/c1-15-5-2-3-7-18(15)24-19(25)13-20(16-8-11-22-12-9-16)17(14-21)6-4-10-23-20/h2-8,10,12,23H,9,11,13H2,1H3,(H,24,25)/t20-/m1/s1. The molecular weight excluding hydrogens is 312 g/mol.